The van der Waals surface area contributed by atoms with E-state index < -0.39 is 11.7 Å². The number of amides is 2. The van der Waals surface area contributed by atoms with Gasteiger partial charge in [0.15, 0.2) is 0 Å². The number of halogens is 1. The first-order valence-electron chi connectivity index (χ1n) is 8.34. The van der Waals surface area contributed by atoms with Gasteiger partial charge in [-0.1, -0.05) is 18.2 Å². The Morgan fingerprint density at radius 3 is 2.81 bits per heavy atom. The fourth-order valence-corrected chi connectivity index (χ4v) is 3.04. The molecule has 0 unspecified atom stereocenters. The second-order valence-electron chi connectivity index (χ2n) is 6.00. The van der Waals surface area contributed by atoms with E-state index in [-0.39, 0.29) is 23.8 Å². The maximum Gasteiger partial charge on any atom is 0.273 e. The van der Waals surface area contributed by atoms with Crippen LogP contribution in [0.4, 0.5) is 10.1 Å². The zero-order valence-corrected chi connectivity index (χ0v) is 14.4. The number of fused-ring (bicyclic) bond motifs is 1. The third-order valence-corrected chi connectivity index (χ3v) is 4.26. The molecule has 0 fully saturated rings. The van der Waals surface area contributed by atoms with Crippen molar-refractivity contribution in [2.24, 2.45) is 0 Å². The standard InChI is InChI=1S/C19H20FN3O3/c1-26-17-9-8-14(20)11-15(17)19(25)22-21-18(24)12-23-10-4-6-13-5-2-3-7-16(13)23/h2-3,5,7-9,11H,4,6,10,12H2,1H3,(H,21,24)(H,22,25). The lowest BCUT2D eigenvalue weighted by Gasteiger charge is -2.30. The maximum atomic E-state index is 13.4. The molecule has 2 aromatic rings. The number of nitrogens with zero attached hydrogens (tertiary/aromatic N) is 1. The number of para-hydroxylation sites is 1. The molecule has 0 aliphatic carbocycles. The molecule has 2 N–H and O–H groups in total. The van der Waals surface area contributed by atoms with Crippen LogP contribution in [0.25, 0.3) is 0 Å². The van der Waals surface area contributed by atoms with E-state index in [4.69, 9.17) is 4.74 Å². The molecular weight excluding hydrogens is 337 g/mol. The Morgan fingerprint density at radius 1 is 1.19 bits per heavy atom. The molecule has 0 spiro atoms. The fourth-order valence-electron chi connectivity index (χ4n) is 3.04. The van der Waals surface area contributed by atoms with Gasteiger partial charge in [0, 0.05) is 12.2 Å². The summed E-state index contributed by atoms with van der Waals surface area (Å²) in [6, 6.07) is 11.6. The number of ether oxygens (including phenoxy) is 1. The van der Waals surface area contributed by atoms with Crippen LogP contribution in [0.15, 0.2) is 42.5 Å². The number of rotatable bonds is 4. The lowest BCUT2D eigenvalue weighted by Crippen LogP contribution is -2.47. The SMILES string of the molecule is COc1ccc(F)cc1C(=O)NNC(=O)CN1CCCc2ccccc21. The third-order valence-electron chi connectivity index (χ3n) is 4.26. The smallest absolute Gasteiger partial charge is 0.273 e. The fraction of sp³-hybridized carbons (Fsp3) is 0.263. The minimum Gasteiger partial charge on any atom is -0.496 e. The van der Waals surface area contributed by atoms with E-state index >= 15 is 0 Å². The number of methoxy groups -OCH3 is 1. The van der Waals surface area contributed by atoms with Gasteiger partial charge in [-0.15, -0.1) is 0 Å². The van der Waals surface area contributed by atoms with E-state index in [2.05, 4.69) is 16.9 Å². The first kappa shape index (κ1) is 17.7. The molecule has 2 aromatic carbocycles. The Kier molecular flexibility index (Phi) is 5.36. The van der Waals surface area contributed by atoms with Crippen molar-refractivity contribution in [2.75, 3.05) is 25.1 Å². The van der Waals surface area contributed by atoms with Gasteiger partial charge in [0.2, 0.25) is 0 Å². The average molecular weight is 357 g/mol. The molecule has 1 heterocycles. The number of carbonyl (C=O) groups is 2. The second kappa shape index (κ2) is 7.86. The molecule has 0 aromatic heterocycles. The minimum absolute atomic E-state index is 0.0103. The van der Waals surface area contributed by atoms with E-state index in [0.717, 1.165) is 31.1 Å². The minimum atomic E-state index is -0.645. The molecule has 6 nitrogen and oxygen atoms in total. The number of hydrogen-bond acceptors (Lipinski definition) is 4. The molecule has 3 rings (SSSR count). The molecule has 1 aliphatic rings. The first-order valence-corrected chi connectivity index (χ1v) is 8.34. The van der Waals surface area contributed by atoms with Crippen molar-refractivity contribution in [1.29, 1.82) is 0 Å². The van der Waals surface area contributed by atoms with Crippen molar-refractivity contribution in [2.45, 2.75) is 12.8 Å². The molecule has 2 amide bonds. The van der Waals surface area contributed by atoms with Gasteiger partial charge < -0.3 is 9.64 Å². The predicted molar refractivity (Wildman–Crippen MR) is 95.5 cm³/mol. The van der Waals surface area contributed by atoms with E-state index in [1.165, 1.54) is 24.8 Å². The van der Waals surface area contributed by atoms with Crippen LogP contribution in [-0.2, 0) is 11.2 Å². The highest BCUT2D eigenvalue weighted by Gasteiger charge is 2.19. The number of hydrogen-bond donors (Lipinski definition) is 2. The highest BCUT2D eigenvalue weighted by Crippen LogP contribution is 2.26. The zero-order valence-electron chi connectivity index (χ0n) is 14.4. The van der Waals surface area contributed by atoms with Crippen LogP contribution >= 0.6 is 0 Å². The van der Waals surface area contributed by atoms with Gasteiger partial charge in [-0.05, 0) is 42.7 Å². The maximum absolute atomic E-state index is 13.4. The van der Waals surface area contributed by atoms with Crippen molar-refractivity contribution < 1.29 is 18.7 Å². The lowest BCUT2D eigenvalue weighted by atomic mass is 10.0. The van der Waals surface area contributed by atoms with E-state index in [1.54, 1.807) is 0 Å². The van der Waals surface area contributed by atoms with Crippen LogP contribution in [0.3, 0.4) is 0 Å². The summed E-state index contributed by atoms with van der Waals surface area (Å²) in [5.41, 5.74) is 6.93. The second-order valence-corrected chi connectivity index (χ2v) is 6.00. The van der Waals surface area contributed by atoms with Gasteiger partial charge in [-0.2, -0.15) is 0 Å². The number of nitrogens with one attached hydrogen (secondary N) is 2. The van der Waals surface area contributed by atoms with Gasteiger partial charge in [0.1, 0.15) is 11.6 Å². The number of anilines is 1. The molecule has 26 heavy (non-hydrogen) atoms. The van der Waals surface area contributed by atoms with Crippen molar-refractivity contribution in [3.8, 4) is 5.75 Å². The van der Waals surface area contributed by atoms with E-state index in [1.807, 2.05) is 23.1 Å². The number of aryl methyl sites for hydroxylation is 1. The topological polar surface area (TPSA) is 70.7 Å². The summed E-state index contributed by atoms with van der Waals surface area (Å²) in [5.74, 6) is -1.34. The highest BCUT2D eigenvalue weighted by molar-refractivity contribution is 5.98. The van der Waals surface area contributed by atoms with Crippen molar-refractivity contribution in [1.82, 2.24) is 10.9 Å². The number of hydrazine groups is 1. The van der Waals surface area contributed by atoms with Crippen LogP contribution < -0.4 is 20.5 Å². The molecule has 0 saturated heterocycles. The van der Waals surface area contributed by atoms with Crippen LogP contribution in [-0.4, -0.2) is 32.0 Å². The van der Waals surface area contributed by atoms with Gasteiger partial charge in [0.25, 0.3) is 11.8 Å². The monoisotopic (exact) mass is 357 g/mol. The summed E-state index contributed by atoms with van der Waals surface area (Å²) in [7, 11) is 1.39. The summed E-state index contributed by atoms with van der Waals surface area (Å²) in [4.78, 5) is 26.4. The van der Waals surface area contributed by atoms with Crippen LogP contribution in [0.2, 0.25) is 0 Å². The normalized spacial score (nSPS) is 12.9. The summed E-state index contributed by atoms with van der Waals surface area (Å²) >= 11 is 0. The Labute approximate surface area is 150 Å². The van der Waals surface area contributed by atoms with Crippen molar-refractivity contribution in [3.63, 3.8) is 0 Å². The molecule has 0 bridgehead atoms. The Bertz CT molecular complexity index is 825. The van der Waals surface area contributed by atoms with Gasteiger partial charge in [-0.3, -0.25) is 20.4 Å². The van der Waals surface area contributed by atoms with Crippen molar-refractivity contribution in [3.05, 3.63) is 59.4 Å². The number of carbonyl (C=O) groups excluding carboxylic acids is 2. The average Bonchev–Trinajstić information content (AvgIpc) is 2.66. The van der Waals surface area contributed by atoms with Crippen molar-refractivity contribution >= 4 is 17.5 Å². The highest BCUT2D eigenvalue weighted by atomic mass is 19.1. The van der Waals surface area contributed by atoms with Crippen LogP contribution in [0.1, 0.15) is 22.3 Å². The molecular formula is C19H20FN3O3. The van der Waals surface area contributed by atoms with E-state index in [0.29, 0.717) is 0 Å². The molecule has 0 atom stereocenters. The van der Waals surface area contributed by atoms with Gasteiger partial charge >= 0.3 is 0 Å². The Hall–Kier alpha value is -3.09. The van der Waals surface area contributed by atoms with E-state index in [9.17, 15) is 14.0 Å². The number of benzene rings is 2. The summed E-state index contributed by atoms with van der Waals surface area (Å²) in [5, 5.41) is 0. The van der Waals surface area contributed by atoms with Gasteiger partial charge in [0.05, 0.1) is 19.2 Å². The molecule has 0 radical (unpaired) electrons. The predicted octanol–water partition coefficient (Wildman–Crippen LogP) is 2.05. The summed E-state index contributed by atoms with van der Waals surface area (Å²) < 4.78 is 18.4. The molecule has 0 saturated carbocycles. The Balaban J connectivity index is 1.60. The summed E-state index contributed by atoms with van der Waals surface area (Å²) in [6.07, 6.45) is 1.96. The van der Waals surface area contributed by atoms with Crippen LogP contribution in [0, 0.1) is 5.82 Å². The third kappa shape index (κ3) is 3.93. The quantitative estimate of drug-likeness (QED) is 0.822. The molecule has 136 valence electrons. The van der Waals surface area contributed by atoms with Gasteiger partial charge in [-0.25, -0.2) is 4.39 Å². The molecule has 1 aliphatic heterocycles. The zero-order chi connectivity index (χ0) is 18.5. The Morgan fingerprint density at radius 2 is 2.00 bits per heavy atom. The summed E-state index contributed by atoms with van der Waals surface area (Å²) in [6.45, 7) is 0.897. The lowest BCUT2D eigenvalue weighted by molar-refractivity contribution is -0.120. The largest absolute Gasteiger partial charge is 0.496 e. The molecule has 7 heteroatoms. The first-order chi connectivity index (χ1) is 12.6. The van der Waals surface area contributed by atoms with Crippen LogP contribution in [0.5, 0.6) is 5.75 Å².